The van der Waals surface area contributed by atoms with Gasteiger partial charge in [-0.15, -0.1) is 0 Å². The molecule has 10 nitrogen and oxygen atoms in total. The fourth-order valence-electron chi connectivity index (χ4n) is 4.50. The highest BCUT2D eigenvalue weighted by molar-refractivity contribution is 5.99. The minimum Gasteiger partial charge on any atom is -0.462 e. The molecule has 1 fully saturated rings. The number of H-pyrrole nitrogens is 2. The van der Waals surface area contributed by atoms with Crippen molar-refractivity contribution in [1.29, 1.82) is 0 Å². The lowest BCUT2D eigenvalue weighted by atomic mass is 10.1. The van der Waals surface area contributed by atoms with E-state index in [-0.39, 0.29) is 23.2 Å². The van der Waals surface area contributed by atoms with Crippen molar-refractivity contribution in [1.82, 2.24) is 19.8 Å². The third kappa shape index (κ3) is 7.57. The van der Waals surface area contributed by atoms with E-state index in [2.05, 4.69) is 14.7 Å². The number of carbonyl (C=O) groups excluding carboxylic acids is 3. The van der Waals surface area contributed by atoms with Crippen LogP contribution in [0, 0.1) is 0 Å². The Balaban J connectivity index is 0.000000517. The van der Waals surface area contributed by atoms with Crippen LogP contribution in [-0.2, 0) is 14.3 Å². The Morgan fingerprint density at radius 1 is 0.786 bits per heavy atom. The van der Waals surface area contributed by atoms with Crippen LogP contribution in [0.1, 0.15) is 51.9 Å². The van der Waals surface area contributed by atoms with Crippen LogP contribution in [0.15, 0.2) is 59.4 Å². The largest absolute Gasteiger partial charge is 0.462 e. The molecule has 0 unspecified atom stereocenters. The number of carbonyl (C=O) groups is 3. The molecule has 2 amide bonds. The van der Waals surface area contributed by atoms with E-state index in [1.165, 1.54) is 0 Å². The van der Waals surface area contributed by atoms with E-state index < -0.39 is 5.60 Å². The fourth-order valence-corrected chi connectivity index (χ4v) is 4.50. The number of ether oxygens (including phenoxy) is 2. The molecular weight excluding hydrogens is 536 g/mol. The lowest BCUT2D eigenvalue weighted by Crippen LogP contribution is -2.51. The zero-order chi connectivity index (χ0) is 30.7. The number of nitrogens with zero attached hydrogens (tertiary/aromatic N) is 2. The normalized spacial score (nSPS) is 13.9. The molecule has 2 aromatic carbocycles. The summed E-state index contributed by atoms with van der Waals surface area (Å²) in [5, 5.41) is 1.80. The van der Waals surface area contributed by atoms with Crippen LogP contribution >= 0.6 is 0 Å². The van der Waals surface area contributed by atoms with Crippen LogP contribution in [0.25, 0.3) is 33.1 Å². The van der Waals surface area contributed by atoms with Crippen LogP contribution in [0.2, 0.25) is 0 Å². The number of piperazine rings is 1. The average Bonchev–Trinajstić information content (AvgIpc) is 3.34. The smallest absolute Gasteiger partial charge is 0.410 e. The molecule has 5 rings (SSSR count). The van der Waals surface area contributed by atoms with Gasteiger partial charge in [0.25, 0.3) is 17.9 Å². The van der Waals surface area contributed by atoms with Gasteiger partial charge in [-0.25, -0.2) is 4.79 Å². The van der Waals surface area contributed by atoms with E-state index in [0.717, 1.165) is 21.8 Å². The Labute approximate surface area is 244 Å². The molecule has 0 aliphatic carbocycles. The number of nitrogens with one attached hydrogen (secondary N) is 2. The zero-order valence-corrected chi connectivity index (χ0v) is 24.9. The van der Waals surface area contributed by atoms with Gasteiger partial charge < -0.3 is 29.2 Å². The first-order valence-corrected chi connectivity index (χ1v) is 13.9. The average molecular weight is 575 g/mol. The topological polar surface area (TPSA) is 125 Å². The van der Waals surface area contributed by atoms with Crippen LogP contribution in [0.5, 0.6) is 0 Å². The van der Waals surface area contributed by atoms with Gasteiger partial charge in [0.15, 0.2) is 0 Å². The Morgan fingerprint density at radius 3 is 2.05 bits per heavy atom. The van der Waals surface area contributed by atoms with Gasteiger partial charge in [0.05, 0.1) is 11.3 Å². The predicted octanol–water partition coefficient (Wildman–Crippen LogP) is 5.33. The second-order valence-corrected chi connectivity index (χ2v) is 12.2. The van der Waals surface area contributed by atoms with Gasteiger partial charge in [-0.1, -0.05) is 18.2 Å². The highest BCUT2D eigenvalue weighted by Crippen LogP contribution is 2.25. The molecule has 10 heteroatoms. The number of hydrogen-bond acceptors (Lipinski definition) is 6. The van der Waals surface area contributed by atoms with Crippen molar-refractivity contribution < 1.29 is 23.9 Å². The minimum absolute atomic E-state index is 0.0814. The molecule has 1 aliphatic heterocycles. The highest BCUT2D eigenvalue weighted by Gasteiger charge is 2.28. The van der Waals surface area contributed by atoms with Gasteiger partial charge in [0.1, 0.15) is 11.2 Å². The van der Waals surface area contributed by atoms with Gasteiger partial charge in [-0.3, -0.25) is 14.4 Å². The first kappa shape index (κ1) is 30.4. The SMILES string of the molecule is CC(C)(C)OC(=O)N1CCN(C(=O)c2ccc3[nH]c(-c4cc5ccccc5[nH]c4=O)cc3c2)CC1.CC(C)(C)OC=O. The molecule has 1 saturated heterocycles. The Kier molecular flexibility index (Phi) is 8.75. The maximum Gasteiger partial charge on any atom is 0.410 e. The molecular formula is C32H38N4O6. The van der Waals surface area contributed by atoms with E-state index in [0.29, 0.717) is 49.5 Å². The summed E-state index contributed by atoms with van der Waals surface area (Å²) in [6.07, 6.45) is -0.352. The third-order valence-electron chi connectivity index (χ3n) is 6.53. The number of hydrogen-bond donors (Lipinski definition) is 2. The predicted molar refractivity (Wildman–Crippen MR) is 162 cm³/mol. The van der Waals surface area contributed by atoms with Crippen LogP contribution in [0.3, 0.4) is 0 Å². The van der Waals surface area contributed by atoms with Crippen LogP contribution in [-0.4, -0.2) is 75.6 Å². The number of amides is 2. The summed E-state index contributed by atoms with van der Waals surface area (Å²) in [5.41, 5.74) is 2.41. The van der Waals surface area contributed by atoms with E-state index >= 15 is 0 Å². The molecule has 0 radical (unpaired) electrons. The third-order valence-corrected chi connectivity index (χ3v) is 6.53. The summed E-state index contributed by atoms with van der Waals surface area (Å²) in [6, 6.07) is 16.9. The summed E-state index contributed by atoms with van der Waals surface area (Å²) >= 11 is 0. The lowest BCUT2D eigenvalue weighted by molar-refractivity contribution is -0.138. The molecule has 42 heavy (non-hydrogen) atoms. The molecule has 222 valence electrons. The number of aromatic amines is 2. The maximum absolute atomic E-state index is 13.2. The number of fused-ring (bicyclic) bond motifs is 2. The number of rotatable bonds is 3. The molecule has 0 saturated carbocycles. The molecule has 2 aromatic heterocycles. The van der Waals surface area contributed by atoms with Gasteiger partial charge in [0, 0.05) is 48.2 Å². The molecule has 0 spiro atoms. The van der Waals surface area contributed by atoms with Crippen LogP contribution < -0.4 is 5.56 Å². The molecule has 4 aromatic rings. The zero-order valence-electron chi connectivity index (χ0n) is 24.9. The summed E-state index contributed by atoms with van der Waals surface area (Å²) in [4.78, 5) is 57.3. The van der Waals surface area contributed by atoms with Crippen molar-refractivity contribution in [2.24, 2.45) is 0 Å². The van der Waals surface area contributed by atoms with E-state index in [1.54, 1.807) is 15.9 Å². The summed E-state index contributed by atoms with van der Waals surface area (Å²) in [6.45, 7) is 13.2. The Morgan fingerprint density at radius 2 is 1.43 bits per heavy atom. The number of benzene rings is 2. The molecule has 2 N–H and O–H groups in total. The Bertz CT molecular complexity index is 1650. The van der Waals surface area contributed by atoms with Crippen molar-refractivity contribution in [2.75, 3.05) is 26.2 Å². The quantitative estimate of drug-likeness (QED) is 0.319. The summed E-state index contributed by atoms with van der Waals surface area (Å²) in [7, 11) is 0. The summed E-state index contributed by atoms with van der Waals surface area (Å²) < 4.78 is 9.98. The van der Waals surface area contributed by atoms with Crippen molar-refractivity contribution in [3.05, 3.63) is 70.5 Å². The first-order chi connectivity index (χ1) is 19.7. The van der Waals surface area contributed by atoms with E-state index in [1.807, 2.05) is 90.1 Å². The number of para-hydroxylation sites is 1. The molecule has 1 aliphatic rings. The van der Waals surface area contributed by atoms with Crippen molar-refractivity contribution in [3.8, 4) is 11.3 Å². The monoisotopic (exact) mass is 574 g/mol. The number of aromatic nitrogens is 2. The standard InChI is InChI=1S/C27H28N4O4.C5H10O2/c1-27(2,3)35-26(34)31-12-10-30(11-13-31)25(33)18-8-9-22-19(14-18)16-23(28-22)20-15-17-6-4-5-7-21(17)29-24(20)32;1-5(2,3)7-4-6/h4-9,14-16,28H,10-13H2,1-3H3,(H,29,32);4H,1-3H3. The second-order valence-electron chi connectivity index (χ2n) is 12.2. The van der Waals surface area contributed by atoms with Gasteiger partial charge in [-0.05, 0) is 83.3 Å². The molecule has 0 atom stereocenters. The van der Waals surface area contributed by atoms with Gasteiger partial charge >= 0.3 is 6.09 Å². The fraction of sp³-hybridized carbons (Fsp3) is 0.375. The van der Waals surface area contributed by atoms with Gasteiger partial charge in [0.2, 0.25) is 0 Å². The van der Waals surface area contributed by atoms with Crippen LogP contribution in [0.4, 0.5) is 4.79 Å². The van der Waals surface area contributed by atoms with E-state index in [9.17, 15) is 19.2 Å². The summed E-state index contributed by atoms with van der Waals surface area (Å²) in [5.74, 6) is -0.0814. The molecule has 3 heterocycles. The maximum atomic E-state index is 13.2. The lowest BCUT2D eigenvalue weighted by Gasteiger charge is -2.35. The second kappa shape index (κ2) is 12.1. The van der Waals surface area contributed by atoms with Gasteiger partial charge in [-0.2, -0.15) is 0 Å². The Hall–Kier alpha value is -4.60. The van der Waals surface area contributed by atoms with Crippen molar-refractivity contribution >= 4 is 40.3 Å². The minimum atomic E-state index is -0.549. The van der Waals surface area contributed by atoms with Crippen molar-refractivity contribution in [3.63, 3.8) is 0 Å². The first-order valence-electron chi connectivity index (χ1n) is 13.9. The van der Waals surface area contributed by atoms with E-state index in [4.69, 9.17) is 4.74 Å². The van der Waals surface area contributed by atoms with Crippen molar-refractivity contribution in [2.45, 2.75) is 52.7 Å². The number of pyridine rings is 1. The highest BCUT2D eigenvalue weighted by atomic mass is 16.6. The molecule has 0 bridgehead atoms.